The van der Waals surface area contributed by atoms with Crippen molar-refractivity contribution in [3.63, 3.8) is 0 Å². The average Bonchev–Trinajstić information content (AvgIpc) is 3.59. The zero-order valence-electron chi connectivity index (χ0n) is 24.4. The molecule has 0 amide bonds. The molecule has 0 radical (unpaired) electrons. The third kappa shape index (κ3) is 5.13. The van der Waals surface area contributed by atoms with Crippen molar-refractivity contribution in [2.45, 2.75) is 37.1 Å². The third-order valence-corrected chi connectivity index (χ3v) is 10.5. The van der Waals surface area contributed by atoms with E-state index in [1.54, 1.807) is 13.2 Å². The summed E-state index contributed by atoms with van der Waals surface area (Å²) in [6.07, 6.45) is 0.864. The zero-order chi connectivity index (χ0) is 31.5. The molecule has 1 unspecified atom stereocenters. The van der Waals surface area contributed by atoms with Gasteiger partial charge in [-0.2, -0.15) is 15.2 Å². The minimum Gasteiger partial charge on any atom is -0.461 e. The van der Waals surface area contributed by atoms with Crippen molar-refractivity contribution in [3.8, 4) is 23.2 Å². The minimum atomic E-state index is -0.941. The summed E-state index contributed by atoms with van der Waals surface area (Å²) in [5.74, 6) is -0.983. The highest BCUT2D eigenvalue weighted by atomic mass is 35.5. The Morgan fingerprint density at radius 1 is 1.27 bits per heavy atom. The first-order valence-electron chi connectivity index (χ1n) is 14.7. The maximum atomic E-state index is 16.9. The molecule has 14 heteroatoms. The molecule has 3 aliphatic rings. The lowest BCUT2D eigenvalue weighted by Crippen LogP contribution is -2.43. The molecule has 4 aromatic rings. The van der Waals surface area contributed by atoms with E-state index >= 15 is 4.39 Å². The second kappa shape index (κ2) is 11.7. The molecule has 0 saturated carbocycles. The number of thiophene rings is 1. The molecule has 236 valence electrons. The highest BCUT2D eigenvalue weighted by Crippen LogP contribution is 2.46. The molecule has 2 N–H and O–H groups in total. The molecule has 9 nitrogen and oxygen atoms in total. The number of halogens is 4. The highest BCUT2D eigenvalue weighted by molar-refractivity contribution is 7.23. The van der Waals surface area contributed by atoms with Gasteiger partial charge in [-0.1, -0.05) is 17.7 Å². The van der Waals surface area contributed by atoms with Gasteiger partial charge in [0.05, 0.1) is 40.1 Å². The number of hydrogen-bond donors (Lipinski definition) is 1. The normalized spacial score (nSPS) is 23.9. The van der Waals surface area contributed by atoms with E-state index in [2.05, 4.69) is 9.88 Å². The van der Waals surface area contributed by atoms with Gasteiger partial charge >= 0.3 is 6.01 Å². The fourth-order valence-electron chi connectivity index (χ4n) is 6.98. The minimum absolute atomic E-state index is 0.0230. The predicted molar refractivity (Wildman–Crippen MR) is 167 cm³/mol. The van der Waals surface area contributed by atoms with Crippen molar-refractivity contribution in [2.24, 2.45) is 0 Å². The van der Waals surface area contributed by atoms with Crippen LogP contribution in [0.3, 0.4) is 0 Å². The van der Waals surface area contributed by atoms with Crippen LogP contribution < -0.4 is 15.4 Å². The molecular weight excluding hydrogens is 629 g/mol. The average molecular weight is 659 g/mol. The van der Waals surface area contributed by atoms with Crippen LogP contribution in [0.1, 0.15) is 24.8 Å². The van der Waals surface area contributed by atoms with Crippen LogP contribution in [0.4, 0.5) is 24.0 Å². The van der Waals surface area contributed by atoms with Crippen molar-refractivity contribution >= 4 is 54.7 Å². The first-order valence-corrected chi connectivity index (χ1v) is 15.9. The Kier molecular flexibility index (Phi) is 7.90. The number of aromatic nitrogens is 2. The molecule has 0 aliphatic carbocycles. The van der Waals surface area contributed by atoms with E-state index in [4.69, 9.17) is 36.5 Å². The Hall–Kier alpha value is -3.41. The summed E-state index contributed by atoms with van der Waals surface area (Å²) in [5.41, 5.74) is 5.72. The van der Waals surface area contributed by atoms with Crippen LogP contribution in [0, 0.1) is 23.0 Å². The number of methoxy groups -OCH3 is 1. The first kappa shape index (κ1) is 30.3. The lowest BCUT2D eigenvalue weighted by atomic mass is 9.95. The van der Waals surface area contributed by atoms with E-state index < -0.39 is 23.3 Å². The van der Waals surface area contributed by atoms with Gasteiger partial charge in [0.2, 0.25) is 0 Å². The van der Waals surface area contributed by atoms with Crippen molar-refractivity contribution < 1.29 is 27.4 Å². The predicted octanol–water partition coefficient (Wildman–Crippen LogP) is 5.70. The molecule has 3 aliphatic heterocycles. The second-order valence-electron chi connectivity index (χ2n) is 11.8. The van der Waals surface area contributed by atoms with Crippen molar-refractivity contribution in [1.29, 1.82) is 5.26 Å². The molecule has 2 aromatic heterocycles. The van der Waals surface area contributed by atoms with Gasteiger partial charge in [0, 0.05) is 49.5 Å². The number of alkyl halides is 1. The SMILES string of the molecule is COC1COCCN(c2nc(OC[C@@]34CCCN3C[C@H](F)C4)nc3c(F)c(-c4ccc(F)c5sc(N)c(C#N)c45)c(Cl)cc23)C1. The fraction of sp³-hybridized carbons (Fsp3) is 0.452. The molecule has 3 fully saturated rings. The quantitative estimate of drug-likeness (QED) is 0.279. The molecule has 0 bridgehead atoms. The number of anilines is 2. The Morgan fingerprint density at radius 3 is 2.91 bits per heavy atom. The maximum absolute atomic E-state index is 16.9. The fourth-order valence-corrected chi connectivity index (χ4v) is 8.23. The molecule has 0 spiro atoms. The lowest BCUT2D eigenvalue weighted by Gasteiger charge is -2.31. The van der Waals surface area contributed by atoms with Crippen LogP contribution in [0.2, 0.25) is 5.02 Å². The second-order valence-corrected chi connectivity index (χ2v) is 13.2. The van der Waals surface area contributed by atoms with Crippen molar-refractivity contribution in [2.75, 3.05) is 63.7 Å². The van der Waals surface area contributed by atoms with Crippen LogP contribution >= 0.6 is 22.9 Å². The third-order valence-electron chi connectivity index (χ3n) is 9.14. The Morgan fingerprint density at radius 2 is 2.11 bits per heavy atom. The summed E-state index contributed by atoms with van der Waals surface area (Å²) in [7, 11) is 1.59. The van der Waals surface area contributed by atoms with Gasteiger partial charge in [0.25, 0.3) is 0 Å². The van der Waals surface area contributed by atoms with E-state index in [1.807, 2.05) is 11.0 Å². The van der Waals surface area contributed by atoms with Gasteiger partial charge in [-0.05, 0) is 37.1 Å². The monoisotopic (exact) mass is 658 g/mol. The molecule has 3 atom stereocenters. The molecule has 45 heavy (non-hydrogen) atoms. The van der Waals surface area contributed by atoms with Gasteiger partial charge < -0.3 is 24.8 Å². The summed E-state index contributed by atoms with van der Waals surface area (Å²) >= 11 is 7.72. The maximum Gasteiger partial charge on any atom is 0.319 e. The van der Waals surface area contributed by atoms with E-state index in [9.17, 15) is 14.0 Å². The van der Waals surface area contributed by atoms with Crippen molar-refractivity contribution in [1.82, 2.24) is 14.9 Å². The number of nitrogens with two attached hydrogens (primary N) is 1. The Labute approximate surface area is 266 Å². The molecule has 2 aromatic carbocycles. The molecular formula is C31H30ClF3N6O3S. The number of rotatable bonds is 6. The van der Waals surface area contributed by atoms with E-state index in [0.29, 0.717) is 50.5 Å². The summed E-state index contributed by atoms with van der Waals surface area (Å²) < 4.78 is 63.8. The molecule has 3 saturated heterocycles. The number of ether oxygens (including phenoxy) is 3. The van der Waals surface area contributed by atoms with Gasteiger partial charge in [-0.3, -0.25) is 4.90 Å². The summed E-state index contributed by atoms with van der Waals surface area (Å²) in [6.45, 7) is 2.92. The van der Waals surface area contributed by atoms with Crippen LogP contribution in [-0.2, 0) is 9.47 Å². The van der Waals surface area contributed by atoms with E-state index in [1.165, 1.54) is 12.1 Å². The molecule has 5 heterocycles. The standard InChI is InChI=1S/C31H30ClF3N6O3S/c1-42-17-13-40(7-8-43-14-17)29-19-9-21(32)24(18-3-4-22(34)27-23(18)20(11-36)28(37)45-27)25(35)26(19)38-30(39-29)44-15-31-5-2-6-41(31)12-16(33)10-31/h3-4,9,16-17H,2,5-8,10,12-15,37H2,1H3/t16-,17?,31+/m1/s1. The zero-order valence-corrected chi connectivity index (χ0v) is 26.0. The topological polar surface area (TPSA) is 110 Å². The van der Waals surface area contributed by atoms with Crippen LogP contribution in [0.15, 0.2) is 18.2 Å². The van der Waals surface area contributed by atoms with Crippen LogP contribution in [0.5, 0.6) is 6.01 Å². The number of nitrogens with zero attached hydrogens (tertiary/aromatic N) is 5. The largest absolute Gasteiger partial charge is 0.461 e. The number of nitrogen functional groups attached to an aromatic ring is 1. The number of nitriles is 1. The Bertz CT molecular complexity index is 1850. The van der Waals surface area contributed by atoms with Crippen LogP contribution in [-0.4, -0.2) is 85.8 Å². The van der Waals surface area contributed by atoms with E-state index in [0.717, 1.165) is 30.7 Å². The number of benzene rings is 2. The van der Waals surface area contributed by atoms with Crippen molar-refractivity contribution in [3.05, 3.63) is 40.4 Å². The lowest BCUT2D eigenvalue weighted by molar-refractivity contribution is 0.0286. The summed E-state index contributed by atoms with van der Waals surface area (Å²) in [5, 5.41) is 10.5. The van der Waals surface area contributed by atoms with Gasteiger partial charge in [-0.15, -0.1) is 11.3 Å². The number of hydrogen-bond acceptors (Lipinski definition) is 10. The van der Waals surface area contributed by atoms with Gasteiger partial charge in [0.1, 0.15) is 41.0 Å². The summed E-state index contributed by atoms with van der Waals surface area (Å²) in [6, 6.07) is 6.11. The van der Waals surface area contributed by atoms with Gasteiger partial charge in [-0.25, -0.2) is 13.2 Å². The Balaban J connectivity index is 1.40. The summed E-state index contributed by atoms with van der Waals surface area (Å²) in [4.78, 5) is 13.3. The number of fused-ring (bicyclic) bond motifs is 3. The molecule has 7 rings (SSSR count). The highest BCUT2D eigenvalue weighted by Gasteiger charge is 2.49. The van der Waals surface area contributed by atoms with Gasteiger partial charge in [0.15, 0.2) is 5.82 Å². The van der Waals surface area contributed by atoms with Crippen LogP contribution in [0.25, 0.3) is 32.1 Å². The smallest absolute Gasteiger partial charge is 0.319 e. The van der Waals surface area contributed by atoms with E-state index in [-0.39, 0.29) is 61.0 Å². The first-order chi connectivity index (χ1) is 21.7.